The molecule has 1 aromatic carbocycles. The van der Waals surface area contributed by atoms with Crippen LogP contribution < -0.4 is 10.6 Å². The fraction of sp³-hybridized carbons (Fsp3) is 0.417. The minimum Gasteiger partial charge on any atom is -0.387 e. The average Bonchev–Trinajstić information content (AvgIpc) is 2.29. The van der Waals surface area contributed by atoms with Gasteiger partial charge in [-0.05, 0) is 25.3 Å². The first-order chi connectivity index (χ1) is 7.69. The molecule has 1 rings (SSSR count). The molecule has 0 heterocycles. The van der Waals surface area contributed by atoms with Gasteiger partial charge in [0.2, 0.25) is 0 Å². The van der Waals surface area contributed by atoms with Crippen molar-refractivity contribution < 1.29 is 4.79 Å². The average molecular weight is 238 g/mol. The first-order valence-corrected chi connectivity index (χ1v) is 6.65. The lowest BCUT2D eigenvalue weighted by atomic mass is 10.1. The SMILES string of the molecule is CNc1ccccc1C(=O)NC(C)CSC. The van der Waals surface area contributed by atoms with E-state index in [9.17, 15) is 4.79 Å². The van der Waals surface area contributed by atoms with Gasteiger partial charge in [-0.2, -0.15) is 11.8 Å². The summed E-state index contributed by atoms with van der Waals surface area (Å²) in [5, 5.41) is 5.99. The lowest BCUT2D eigenvalue weighted by Crippen LogP contribution is -2.34. The molecule has 0 fully saturated rings. The number of hydrogen-bond donors (Lipinski definition) is 2. The Labute approximate surface area is 101 Å². The van der Waals surface area contributed by atoms with Crippen LogP contribution in [0.15, 0.2) is 24.3 Å². The second kappa shape index (κ2) is 6.43. The van der Waals surface area contributed by atoms with E-state index in [1.54, 1.807) is 11.8 Å². The number of carbonyl (C=O) groups is 1. The van der Waals surface area contributed by atoms with Gasteiger partial charge in [0.25, 0.3) is 5.91 Å². The summed E-state index contributed by atoms with van der Waals surface area (Å²) in [5.41, 5.74) is 1.55. The topological polar surface area (TPSA) is 41.1 Å². The van der Waals surface area contributed by atoms with Gasteiger partial charge in [-0.15, -0.1) is 0 Å². The summed E-state index contributed by atoms with van der Waals surface area (Å²) in [6.45, 7) is 2.01. The van der Waals surface area contributed by atoms with Crippen LogP contribution in [0.4, 0.5) is 5.69 Å². The second-order valence-electron chi connectivity index (χ2n) is 3.63. The highest BCUT2D eigenvalue weighted by Gasteiger charge is 2.12. The maximum absolute atomic E-state index is 11.9. The lowest BCUT2D eigenvalue weighted by molar-refractivity contribution is 0.0944. The van der Waals surface area contributed by atoms with Crippen LogP contribution in [0.1, 0.15) is 17.3 Å². The normalized spacial score (nSPS) is 11.9. The van der Waals surface area contributed by atoms with E-state index in [4.69, 9.17) is 0 Å². The molecule has 88 valence electrons. The molecular weight excluding hydrogens is 220 g/mol. The Kier molecular flexibility index (Phi) is 5.19. The molecule has 0 aromatic heterocycles. The summed E-state index contributed by atoms with van der Waals surface area (Å²) in [6, 6.07) is 7.69. The van der Waals surface area contributed by atoms with Gasteiger partial charge in [-0.25, -0.2) is 0 Å². The van der Waals surface area contributed by atoms with Gasteiger partial charge in [0.15, 0.2) is 0 Å². The molecule has 16 heavy (non-hydrogen) atoms. The monoisotopic (exact) mass is 238 g/mol. The van der Waals surface area contributed by atoms with Gasteiger partial charge in [-0.3, -0.25) is 4.79 Å². The fourth-order valence-electron chi connectivity index (χ4n) is 1.49. The summed E-state index contributed by atoms with van der Waals surface area (Å²) in [7, 11) is 1.82. The third-order valence-corrected chi connectivity index (χ3v) is 3.07. The van der Waals surface area contributed by atoms with Crippen LogP contribution in [0.25, 0.3) is 0 Å². The summed E-state index contributed by atoms with van der Waals surface area (Å²) >= 11 is 1.73. The Hall–Kier alpha value is -1.16. The first kappa shape index (κ1) is 12.9. The lowest BCUT2D eigenvalue weighted by Gasteiger charge is -2.14. The summed E-state index contributed by atoms with van der Waals surface area (Å²) in [6.07, 6.45) is 2.03. The fourth-order valence-corrected chi connectivity index (χ4v) is 2.08. The Morgan fingerprint density at radius 3 is 2.75 bits per heavy atom. The molecule has 4 heteroatoms. The van der Waals surface area contributed by atoms with Crippen molar-refractivity contribution in [2.75, 3.05) is 24.4 Å². The van der Waals surface area contributed by atoms with Crippen molar-refractivity contribution in [1.82, 2.24) is 5.32 Å². The number of benzene rings is 1. The molecule has 0 saturated heterocycles. The van der Waals surface area contributed by atoms with Crippen LogP contribution in [-0.4, -0.2) is 31.0 Å². The molecule has 1 amide bonds. The van der Waals surface area contributed by atoms with E-state index in [0.29, 0.717) is 5.56 Å². The van der Waals surface area contributed by atoms with Gasteiger partial charge in [0.1, 0.15) is 0 Å². The molecule has 1 unspecified atom stereocenters. The number of thioether (sulfide) groups is 1. The largest absolute Gasteiger partial charge is 0.387 e. The number of carbonyl (C=O) groups excluding carboxylic acids is 1. The van der Waals surface area contributed by atoms with Gasteiger partial charge in [-0.1, -0.05) is 12.1 Å². The van der Waals surface area contributed by atoms with Crippen LogP contribution in [0.5, 0.6) is 0 Å². The molecule has 3 nitrogen and oxygen atoms in total. The van der Waals surface area contributed by atoms with Crippen molar-refractivity contribution >= 4 is 23.4 Å². The molecule has 0 radical (unpaired) electrons. The van der Waals surface area contributed by atoms with Gasteiger partial charge < -0.3 is 10.6 Å². The van der Waals surface area contributed by atoms with E-state index in [-0.39, 0.29) is 11.9 Å². The van der Waals surface area contributed by atoms with Crippen molar-refractivity contribution in [2.24, 2.45) is 0 Å². The van der Waals surface area contributed by atoms with E-state index < -0.39 is 0 Å². The Morgan fingerprint density at radius 1 is 1.44 bits per heavy atom. The van der Waals surface area contributed by atoms with E-state index in [2.05, 4.69) is 10.6 Å². The Bertz CT molecular complexity index is 355. The van der Waals surface area contributed by atoms with Gasteiger partial charge in [0.05, 0.1) is 5.56 Å². The van der Waals surface area contributed by atoms with Crippen molar-refractivity contribution in [1.29, 1.82) is 0 Å². The molecule has 0 bridgehead atoms. The zero-order valence-corrected chi connectivity index (χ0v) is 10.7. The van der Waals surface area contributed by atoms with Crippen molar-refractivity contribution in [3.05, 3.63) is 29.8 Å². The van der Waals surface area contributed by atoms with E-state index in [1.807, 2.05) is 44.5 Å². The third-order valence-electron chi connectivity index (χ3n) is 2.24. The maximum Gasteiger partial charge on any atom is 0.253 e. The maximum atomic E-state index is 11.9. The van der Waals surface area contributed by atoms with Crippen LogP contribution in [0.2, 0.25) is 0 Å². The van der Waals surface area contributed by atoms with Crippen molar-refractivity contribution in [2.45, 2.75) is 13.0 Å². The molecule has 0 aliphatic carbocycles. The summed E-state index contributed by atoms with van der Waals surface area (Å²) in [5.74, 6) is 0.902. The number of anilines is 1. The minimum absolute atomic E-state index is 0.0218. The zero-order chi connectivity index (χ0) is 12.0. The summed E-state index contributed by atoms with van der Waals surface area (Å²) in [4.78, 5) is 11.9. The number of nitrogens with one attached hydrogen (secondary N) is 2. The standard InChI is InChI=1S/C12H18N2OS/c1-9(8-16-3)14-12(15)10-6-4-5-7-11(10)13-2/h4-7,9,13H,8H2,1-3H3,(H,14,15). The molecule has 2 N–H and O–H groups in total. The van der Waals surface area contributed by atoms with E-state index in [1.165, 1.54) is 0 Å². The van der Waals surface area contributed by atoms with E-state index in [0.717, 1.165) is 11.4 Å². The van der Waals surface area contributed by atoms with Crippen molar-refractivity contribution in [3.63, 3.8) is 0 Å². The zero-order valence-electron chi connectivity index (χ0n) is 9.91. The van der Waals surface area contributed by atoms with Crippen LogP contribution >= 0.6 is 11.8 Å². The Balaban J connectivity index is 2.72. The van der Waals surface area contributed by atoms with E-state index >= 15 is 0 Å². The predicted molar refractivity (Wildman–Crippen MR) is 71.3 cm³/mol. The molecule has 0 aliphatic rings. The summed E-state index contributed by atoms with van der Waals surface area (Å²) < 4.78 is 0. The molecule has 1 aromatic rings. The predicted octanol–water partition coefficient (Wildman–Crippen LogP) is 2.21. The number of para-hydroxylation sites is 1. The molecule has 0 saturated carbocycles. The molecule has 0 aliphatic heterocycles. The second-order valence-corrected chi connectivity index (χ2v) is 4.54. The highest BCUT2D eigenvalue weighted by atomic mass is 32.2. The highest BCUT2D eigenvalue weighted by molar-refractivity contribution is 7.98. The Morgan fingerprint density at radius 2 is 2.12 bits per heavy atom. The number of amides is 1. The quantitative estimate of drug-likeness (QED) is 0.826. The first-order valence-electron chi connectivity index (χ1n) is 5.25. The molecular formula is C12H18N2OS. The van der Waals surface area contributed by atoms with Crippen LogP contribution in [-0.2, 0) is 0 Å². The minimum atomic E-state index is -0.0218. The van der Waals surface area contributed by atoms with Gasteiger partial charge in [0, 0.05) is 24.5 Å². The highest BCUT2D eigenvalue weighted by Crippen LogP contribution is 2.14. The number of rotatable bonds is 5. The molecule has 1 atom stereocenters. The van der Waals surface area contributed by atoms with Crippen molar-refractivity contribution in [3.8, 4) is 0 Å². The van der Waals surface area contributed by atoms with Gasteiger partial charge >= 0.3 is 0 Å². The smallest absolute Gasteiger partial charge is 0.253 e. The third kappa shape index (κ3) is 3.45. The molecule has 0 spiro atoms. The van der Waals surface area contributed by atoms with Crippen LogP contribution in [0, 0.1) is 0 Å². The number of hydrogen-bond acceptors (Lipinski definition) is 3. The van der Waals surface area contributed by atoms with Crippen LogP contribution in [0.3, 0.4) is 0 Å².